The zero-order chi connectivity index (χ0) is 15.0. The van der Waals surface area contributed by atoms with Crippen LogP contribution in [-0.2, 0) is 16.0 Å². The molecule has 1 saturated heterocycles. The van der Waals surface area contributed by atoms with Crippen LogP contribution in [0.2, 0.25) is 0 Å². The Kier molecular flexibility index (Phi) is 3.66. The van der Waals surface area contributed by atoms with Crippen LogP contribution in [0.4, 0.5) is 5.69 Å². The van der Waals surface area contributed by atoms with Crippen molar-refractivity contribution < 1.29 is 9.53 Å². The number of ether oxygens (including phenoxy) is 1. The van der Waals surface area contributed by atoms with Gasteiger partial charge in [-0.25, -0.2) is 0 Å². The molecule has 1 aromatic carbocycles. The first-order valence-electron chi connectivity index (χ1n) is 7.70. The Hall–Kier alpha value is -1.55. The van der Waals surface area contributed by atoms with Crippen molar-refractivity contribution >= 4 is 11.6 Å². The average Bonchev–Trinajstić information content (AvgIpc) is 2.93. The predicted molar refractivity (Wildman–Crippen MR) is 83.3 cm³/mol. The van der Waals surface area contributed by atoms with Gasteiger partial charge in [0.15, 0.2) is 0 Å². The smallest absolute Gasteiger partial charge is 0.224 e. The first kappa shape index (κ1) is 14.4. The molecular weight excluding hydrogens is 264 g/mol. The molecular formula is C17H24N2O2. The molecule has 0 radical (unpaired) electrons. The van der Waals surface area contributed by atoms with E-state index < -0.39 is 0 Å². The second-order valence-corrected chi connectivity index (χ2v) is 6.73. The lowest BCUT2D eigenvalue weighted by molar-refractivity contribution is -0.119. The first-order valence-corrected chi connectivity index (χ1v) is 7.70. The Labute approximate surface area is 126 Å². The molecule has 0 aromatic heterocycles. The molecule has 4 heteroatoms. The number of hydrogen-bond donors (Lipinski definition) is 2. The number of carbonyl (C=O) groups excluding carboxylic acids is 1. The molecule has 2 fully saturated rings. The SMILES string of the molecule is CNC(=O)Cc1ccc(NC2C3CCOC3C2(C)C)cc1. The Morgan fingerprint density at radius 3 is 2.71 bits per heavy atom. The summed E-state index contributed by atoms with van der Waals surface area (Å²) in [7, 11) is 1.66. The van der Waals surface area contributed by atoms with Crippen molar-refractivity contribution in [3.05, 3.63) is 29.8 Å². The Morgan fingerprint density at radius 2 is 2.05 bits per heavy atom. The molecule has 2 N–H and O–H groups in total. The lowest BCUT2D eigenvalue weighted by Gasteiger charge is -2.55. The monoisotopic (exact) mass is 288 g/mol. The predicted octanol–water partition coefficient (Wildman–Crippen LogP) is 2.20. The van der Waals surface area contributed by atoms with Crippen LogP contribution in [0, 0.1) is 11.3 Å². The third kappa shape index (κ3) is 2.53. The van der Waals surface area contributed by atoms with E-state index in [9.17, 15) is 4.79 Å². The summed E-state index contributed by atoms with van der Waals surface area (Å²) in [6.07, 6.45) is 1.99. The highest BCUT2D eigenvalue weighted by atomic mass is 16.5. The van der Waals surface area contributed by atoms with Crippen LogP contribution in [0.5, 0.6) is 0 Å². The number of benzene rings is 1. The summed E-state index contributed by atoms with van der Waals surface area (Å²) in [5.74, 6) is 0.673. The van der Waals surface area contributed by atoms with Crippen LogP contribution < -0.4 is 10.6 Å². The topological polar surface area (TPSA) is 50.4 Å². The van der Waals surface area contributed by atoms with Gasteiger partial charge in [-0.05, 0) is 24.1 Å². The van der Waals surface area contributed by atoms with Crippen molar-refractivity contribution in [2.24, 2.45) is 11.3 Å². The number of amides is 1. The van der Waals surface area contributed by atoms with Gasteiger partial charge in [0.2, 0.25) is 5.91 Å². The normalized spacial score (nSPS) is 29.4. The second-order valence-electron chi connectivity index (χ2n) is 6.73. The fourth-order valence-corrected chi connectivity index (χ4v) is 3.79. The number of rotatable bonds is 4. The minimum absolute atomic E-state index is 0.0433. The van der Waals surface area contributed by atoms with E-state index in [1.807, 2.05) is 12.1 Å². The van der Waals surface area contributed by atoms with Crippen LogP contribution >= 0.6 is 0 Å². The first-order chi connectivity index (χ1) is 10.0. The van der Waals surface area contributed by atoms with Crippen LogP contribution in [0.25, 0.3) is 0 Å². The minimum atomic E-state index is 0.0433. The van der Waals surface area contributed by atoms with E-state index in [2.05, 4.69) is 36.6 Å². The molecule has 4 nitrogen and oxygen atoms in total. The van der Waals surface area contributed by atoms with Crippen molar-refractivity contribution in [3.8, 4) is 0 Å². The van der Waals surface area contributed by atoms with Gasteiger partial charge in [-0.15, -0.1) is 0 Å². The fraction of sp³-hybridized carbons (Fsp3) is 0.588. The molecule has 3 unspecified atom stereocenters. The highest BCUT2D eigenvalue weighted by Crippen LogP contribution is 2.53. The lowest BCUT2D eigenvalue weighted by atomic mass is 9.57. The van der Waals surface area contributed by atoms with Gasteiger partial charge in [0.1, 0.15) is 0 Å². The molecule has 1 aliphatic heterocycles. The maximum atomic E-state index is 11.4. The Bertz CT molecular complexity index is 524. The van der Waals surface area contributed by atoms with Crippen LogP contribution in [-0.4, -0.2) is 31.7 Å². The lowest BCUT2D eigenvalue weighted by Crippen LogP contribution is -2.63. The number of hydrogen-bond acceptors (Lipinski definition) is 3. The van der Waals surface area contributed by atoms with E-state index in [0.717, 1.165) is 24.3 Å². The average molecular weight is 288 g/mol. The van der Waals surface area contributed by atoms with E-state index >= 15 is 0 Å². The maximum Gasteiger partial charge on any atom is 0.224 e. The number of carbonyl (C=O) groups is 1. The summed E-state index contributed by atoms with van der Waals surface area (Å²) in [5.41, 5.74) is 2.34. The summed E-state index contributed by atoms with van der Waals surface area (Å²) in [6, 6.07) is 8.64. The largest absolute Gasteiger partial charge is 0.381 e. The summed E-state index contributed by atoms with van der Waals surface area (Å²) in [6.45, 7) is 5.44. The van der Waals surface area contributed by atoms with E-state index in [0.29, 0.717) is 24.5 Å². The molecule has 0 spiro atoms. The third-order valence-corrected chi connectivity index (χ3v) is 5.02. The Balaban J connectivity index is 1.64. The van der Waals surface area contributed by atoms with E-state index in [-0.39, 0.29) is 11.3 Å². The summed E-state index contributed by atoms with van der Waals surface area (Å²) < 4.78 is 5.83. The molecule has 114 valence electrons. The molecule has 1 amide bonds. The fourth-order valence-electron chi connectivity index (χ4n) is 3.79. The summed E-state index contributed by atoms with van der Waals surface area (Å²) in [5, 5.41) is 6.30. The zero-order valence-corrected chi connectivity index (χ0v) is 13.0. The van der Waals surface area contributed by atoms with Crippen LogP contribution in [0.1, 0.15) is 25.8 Å². The molecule has 21 heavy (non-hydrogen) atoms. The van der Waals surface area contributed by atoms with Crippen LogP contribution in [0.15, 0.2) is 24.3 Å². The van der Waals surface area contributed by atoms with Crippen LogP contribution in [0.3, 0.4) is 0 Å². The van der Waals surface area contributed by atoms with E-state index in [1.54, 1.807) is 7.05 Å². The molecule has 2 aliphatic rings. The number of nitrogens with one attached hydrogen (secondary N) is 2. The van der Waals surface area contributed by atoms with Crippen molar-refractivity contribution in [2.75, 3.05) is 19.0 Å². The molecule has 0 bridgehead atoms. The number of anilines is 1. The Morgan fingerprint density at radius 1 is 1.33 bits per heavy atom. The standard InChI is InChI=1S/C17H24N2O2/c1-17(2)15(13-8-9-21-16(13)17)19-12-6-4-11(5-7-12)10-14(20)18-3/h4-7,13,15-16,19H,8-10H2,1-3H3,(H,18,20). The number of likely N-dealkylation sites (N-methyl/N-ethyl adjacent to an activating group) is 1. The molecule has 3 rings (SSSR count). The third-order valence-electron chi connectivity index (χ3n) is 5.02. The minimum Gasteiger partial charge on any atom is -0.381 e. The van der Waals surface area contributed by atoms with E-state index in [4.69, 9.17) is 4.74 Å². The maximum absolute atomic E-state index is 11.4. The molecule has 1 aromatic rings. The number of fused-ring (bicyclic) bond motifs is 1. The highest BCUT2D eigenvalue weighted by Gasteiger charge is 2.59. The highest BCUT2D eigenvalue weighted by molar-refractivity contribution is 5.78. The van der Waals surface area contributed by atoms with Gasteiger partial charge in [0.05, 0.1) is 12.5 Å². The molecule has 1 aliphatic carbocycles. The van der Waals surface area contributed by atoms with Gasteiger partial charge in [-0.1, -0.05) is 26.0 Å². The van der Waals surface area contributed by atoms with Gasteiger partial charge in [0, 0.05) is 36.7 Å². The molecule has 1 saturated carbocycles. The van der Waals surface area contributed by atoms with E-state index in [1.165, 1.54) is 0 Å². The van der Waals surface area contributed by atoms with Gasteiger partial charge in [-0.2, -0.15) is 0 Å². The zero-order valence-electron chi connectivity index (χ0n) is 13.0. The summed E-state index contributed by atoms with van der Waals surface area (Å²) in [4.78, 5) is 11.4. The second kappa shape index (κ2) is 5.34. The van der Waals surface area contributed by atoms with Crippen molar-refractivity contribution in [3.63, 3.8) is 0 Å². The molecule has 1 heterocycles. The van der Waals surface area contributed by atoms with Crippen molar-refractivity contribution in [2.45, 2.75) is 38.8 Å². The molecule has 3 atom stereocenters. The summed E-state index contributed by atoms with van der Waals surface area (Å²) >= 11 is 0. The van der Waals surface area contributed by atoms with Gasteiger partial charge in [0.25, 0.3) is 0 Å². The quantitative estimate of drug-likeness (QED) is 0.893. The van der Waals surface area contributed by atoms with Crippen molar-refractivity contribution in [1.82, 2.24) is 5.32 Å². The van der Waals surface area contributed by atoms with Gasteiger partial charge >= 0.3 is 0 Å². The van der Waals surface area contributed by atoms with Gasteiger partial charge in [-0.3, -0.25) is 4.79 Å². The van der Waals surface area contributed by atoms with Crippen molar-refractivity contribution in [1.29, 1.82) is 0 Å². The van der Waals surface area contributed by atoms with Gasteiger partial charge < -0.3 is 15.4 Å².